The van der Waals surface area contributed by atoms with Crippen LogP contribution in [0.25, 0.3) is 0 Å². The molecule has 8 heteroatoms. The second kappa shape index (κ2) is 6.70. The summed E-state index contributed by atoms with van der Waals surface area (Å²) in [5.41, 5.74) is -0.236. The average molecular weight is 332 g/mol. The van der Waals surface area contributed by atoms with Crippen LogP contribution in [-0.4, -0.2) is 37.5 Å². The highest BCUT2D eigenvalue weighted by molar-refractivity contribution is 7.89. The molecule has 1 aliphatic rings. The summed E-state index contributed by atoms with van der Waals surface area (Å²) in [6.45, 7) is 1.99. The van der Waals surface area contributed by atoms with Crippen LogP contribution >= 0.6 is 0 Å². The number of amides is 1. The Morgan fingerprint density at radius 1 is 1.41 bits per heavy atom. The minimum Gasteiger partial charge on any atom is -0.323 e. The van der Waals surface area contributed by atoms with Gasteiger partial charge in [-0.15, -0.1) is 0 Å². The SMILES string of the molecule is CCS(=O)(=O)N1CCC[C@@H](C(=O)Nc2cc(F)ccc2F)C1. The van der Waals surface area contributed by atoms with Crippen molar-refractivity contribution in [3.8, 4) is 0 Å². The molecular weight excluding hydrogens is 314 g/mol. The molecule has 1 heterocycles. The largest absolute Gasteiger partial charge is 0.323 e. The fraction of sp³-hybridized carbons (Fsp3) is 0.500. The van der Waals surface area contributed by atoms with E-state index in [0.29, 0.717) is 19.4 Å². The molecule has 1 aliphatic heterocycles. The predicted octanol–water partition coefficient (Wildman–Crippen LogP) is 1.96. The van der Waals surface area contributed by atoms with Crippen molar-refractivity contribution < 1.29 is 22.0 Å². The van der Waals surface area contributed by atoms with Gasteiger partial charge in [0.25, 0.3) is 0 Å². The minimum atomic E-state index is -3.36. The van der Waals surface area contributed by atoms with Crippen molar-refractivity contribution in [2.24, 2.45) is 5.92 Å². The lowest BCUT2D eigenvalue weighted by Gasteiger charge is -2.30. The first-order valence-electron chi connectivity index (χ1n) is 7.07. The van der Waals surface area contributed by atoms with E-state index in [1.807, 2.05) is 0 Å². The Balaban J connectivity index is 2.08. The number of anilines is 1. The molecule has 0 spiro atoms. The van der Waals surface area contributed by atoms with Crippen molar-refractivity contribution in [1.29, 1.82) is 0 Å². The van der Waals surface area contributed by atoms with E-state index >= 15 is 0 Å². The number of nitrogens with zero attached hydrogens (tertiary/aromatic N) is 1. The Bertz CT molecular complexity index is 664. The molecule has 0 aliphatic carbocycles. The van der Waals surface area contributed by atoms with Crippen LogP contribution in [0.3, 0.4) is 0 Å². The van der Waals surface area contributed by atoms with Crippen LogP contribution in [0.5, 0.6) is 0 Å². The summed E-state index contributed by atoms with van der Waals surface area (Å²) in [4.78, 5) is 12.2. The molecule has 1 atom stereocenters. The van der Waals surface area contributed by atoms with Gasteiger partial charge in [0.05, 0.1) is 17.4 Å². The van der Waals surface area contributed by atoms with Gasteiger partial charge >= 0.3 is 0 Å². The summed E-state index contributed by atoms with van der Waals surface area (Å²) in [6.07, 6.45) is 1.07. The third-order valence-corrected chi connectivity index (χ3v) is 5.55. The Hall–Kier alpha value is -1.54. The van der Waals surface area contributed by atoms with E-state index in [9.17, 15) is 22.0 Å². The molecule has 1 N–H and O–H groups in total. The van der Waals surface area contributed by atoms with Crippen molar-refractivity contribution in [3.63, 3.8) is 0 Å². The lowest BCUT2D eigenvalue weighted by atomic mass is 9.98. The van der Waals surface area contributed by atoms with E-state index in [0.717, 1.165) is 18.2 Å². The van der Waals surface area contributed by atoms with Crippen LogP contribution in [0, 0.1) is 17.6 Å². The molecule has 0 bridgehead atoms. The van der Waals surface area contributed by atoms with Crippen molar-refractivity contribution >= 4 is 21.6 Å². The number of hydrogen-bond donors (Lipinski definition) is 1. The Morgan fingerprint density at radius 3 is 2.82 bits per heavy atom. The Morgan fingerprint density at radius 2 is 2.14 bits per heavy atom. The summed E-state index contributed by atoms with van der Waals surface area (Å²) in [7, 11) is -3.36. The molecule has 1 amide bonds. The summed E-state index contributed by atoms with van der Waals surface area (Å²) in [6, 6.07) is 2.79. The Labute approximate surface area is 128 Å². The number of hydrogen-bond acceptors (Lipinski definition) is 3. The Kier molecular flexibility index (Phi) is 5.12. The van der Waals surface area contributed by atoms with Gasteiger partial charge < -0.3 is 5.32 Å². The van der Waals surface area contributed by atoms with Gasteiger partial charge in [0.1, 0.15) is 11.6 Å². The first-order chi connectivity index (χ1) is 10.3. The number of carbonyl (C=O) groups is 1. The van der Waals surface area contributed by atoms with Gasteiger partial charge in [-0.2, -0.15) is 0 Å². The van der Waals surface area contributed by atoms with Crippen molar-refractivity contribution in [1.82, 2.24) is 4.31 Å². The molecule has 1 aromatic carbocycles. The first-order valence-corrected chi connectivity index (χ1v) is 8.68. The fourth-order valence-corrected chi connectivity index (χ4v) is 3.60. The minimum absolute atomic E-state index is 0.0279. The van der Waals surface area contributed by atoms with Crippen molar-refractivity contribution in [3.05, 3.63) is 29.8 Å². The second-order valence-corrected chi connectivity index (χ2v) is 7.47. The standard InChI is InChI=1S/C14H18F2N2O3S/c1-2-22(20,21)18-7-3-4-10(9-18)14(19)17-13-8-11(15)5-6-12(13)16/h5-6,8,10H,2-4,7,9H2,1H3,(H,17,19)/t10-/m1/s1. The molecule has 1 aromatic rings. The lowest BCUT2D eigenvalue weighted by Crippen LogP contribution is -2.44. The number of sulfonamides is 1. The van der Waals surface area contributed by atoms with Gasteiger partial charge in [-0.1, -0.05) is 0 Å². The molecule has 122 valence electrons. The zero-order valence-corrected chi connectivity index (χ0v) is 13.0. The topological polar surface area (TPSA) is 66.5 Å². The number of nitrogens with one attached hydrogen (secondary N) is 1. The van der Waals surface area contributed by atoms with Crippen LogP contribution in [-0.2, 0) is 14.8 Å². The van der Waals surface area contributed by atoms with E-state index in [1.54, 1.807) is 6.92 Å². The molecule has 1 fully saturated rings. The molecule has 22 heavy (non-hydrogen) atoms. The third-order valence-electron chi connectivity index (χ3n) is 3.70. The fourth-order valence-electron chi connectivity index (χ4n) is 2.42. The third kappa shape index (κ3) is 3.80. The first kappa shape index (κ1) is 16.8. The molecular formula is C14H18F2N2O3S. The van der Waals surface area contributed by atoms with Gasteiger partial charge in [-0.3, -0.25) is 4.79 Å². The number of piperidine rings is 1. The number of rotatable bonds is 4. The van der Waals surface area contributed by atoms with Crippen LogP contribution < -0.4 is 5.32 Å². The molecule has 0 radical (unpaired) electrons. The number of carbonyl (C=O) groups excluding carboxylic acids is 1. The van der Waals surface area contributed by atoms with Crippen LogP contribution in [0.2, 0.25) is 0 Å². The maximum absolute atomic E-state index is 13.5. The van der Waals surface area contributed by atoms with Gasteiger partial charge in [0.15, 0.2) is 0 Å². The summed E-state index contributed by atoms with van der Waals surface area (Å²) in [5.74, 6) is -2.49. The number of halogens is 2. The van der Waals surface area contributed by atoms with Crippen LogP contribution in [0.1, 0.15) is 19.8 Å². The van der Waals surface area contributed by atoms with Gasteiger partial charge in [-0.25, -0.2) is 21.5 Å². The maximum Gasteiger partial charge on any atom is 0.228 e. The maximum atomic E-state index is 13.5. The van der Waals surface area contributed by atoms with Crippen molar-refractivity contribution in [2.45, 2.75) is 19.8 Å². The number of benzene rings is 1. The smallest absolute Gasteiger partial charge is 0.228 e. The van der Waals surface area contributed by atoms with E-state index in [-0.39, 0.29) is 18.0 Å². The van der Waals surface area contributed by atoms with Gasteiger partial charge in [0.2, 0.25) is 15.9 Å². The summed E-state index contributed by atoms with van der Waals surface area (Å²) in [5, 5.41) is 2.34. The van der Waals surface area contributed by atoms with Crippen LogP contribution in [0.4, 0.5) is 14.5 Å². The van der Waals surface area contributed by atoms with Crippen molar-refractivity contribution in [2.75, 3.05) is 24.2 Å². The monoisotopic (exact) mass is 332 g/mol. The van der Waals surface area contributed by atoms with Gasteiger partial charge in [0, 0.05) is 19.2 Å². The summed E-state index contributed by atoms with van der Waals surface area (Å²) < 4.78 is 51.6. The zero-order valence-electron chi connectivity index (χ0n) is 12.2. The van der Waals surface area contributed by atoms with E-state index in [2.05, 4.69) is 5.32 Å². The summed E-state index contributed by atoms with van der Waals surface area (Å²) >= 11 is 0. The highest BCUT2D eigenvalue weighted by atomic mass is 32.2. The molecule has 0 aromatic heterocycles. The van der Waals surface area contributed by atoms with E-state index in [1.165, 1.54) is 4.31 Å². The predicted molar refractivity (Wildman–Crippen MR) is 78.7 cm³/mol. The second-order valence-electron chi connectivity index (χ2n) is 5.21. The molecule has 5 nitrogen and oxygen atoms in total. The highest BCUT2D eigenvalue weighted by Gasteiger charge is 2.31. The quantitative estimate of drug-likeness (QED) is 0.917. The lowest BCUT2D eigenvalue weighted by molar-refractivity contribution is -0.120. The van der Waals surface area contributed by atoms with E-state index < -0.39 is 33.5 Å². The zero-order chi connectivity index (χ0) is 16.3. The molecule has 0 saturated carbocycles. The molecule has 0 unspecified atom stereocenters. The van der Waals surface area contributed by atoms with E-state index in [4.69, 9.17) is 0 Å². The average Bonchev–Trinajstić information content (AvgIpc) is 2.51. The molecule has 2 rings (SSSR count). The highest BCUT2D eigenvalue weighted by Crippen LogP contribution is 2.22. The van der Waals surface area contributed by atoms with Crippen LogP contribution in [0.15, 0.2) is 18.2 Å². The normalized spacial score (nSPS) is 19.9. The molecule has 1 saturated heterocycles. The van der Waals surface area contributed by atoms with Gasteiger partial charge in [-0.05, 0) is 31.9 Å².